The van der Waals surface area contributed by atoms with Gasteiger partial charge in [0.15, 0.2) is 0 Å². The van der Waals surface area contributed by atoms with Crippen molar-refractivity contribution in [2.24, 2.45) is 0 Å². The topological polar surface area (TPSA) is 87.3 Å². The highest BCUT2D eigenvalue weighted by Gasteiger charge is 2.14. The molecule has 0 heterocycles. The fourth-order valence-electron chi connectivity index (χ4n) is 2.19. The van der Waals surface area contributed by atoms with Crippen LogP contribution in [0.3, 0.4) is 0 Å². The molecule has 0 saturated heterocycles. The van der Waals surface area contributed by atoms with Crippen molar-refractivity contribution in [1.82, 2.24) is 5.32 Å². The largest absolute Gasteiger partial charge is 0.349 e. The van der Waals surface area contributed by atoms with Gasteiger partial charge in [-0.15, -0.1) is 6.58 Å². The molecular weight excluding hydrogens is 318 g/mol. The quantitative estimate of drug-likeness (QED) is 0.708. The molecule has 3 amide bonds. The molecule has 25 heavy (non-hydrogen) atoms. The highest BCUT2D eigenvalue weighted by Crippen LogP contribution is 2.17. The van der Waals surface area contributed by atoms with Crippen molar-refractivity contribution in [2.45, 2.75) is 6.92 Å². The van der Waals surface area contributed by atoms with Crippen molar-refractivity contribution in [2.75, 3.05) is 17.2 Å². The van der Waals surface area contributed by atoms with Gasteiger partial charge in [0, 0.05) is 24.7 Å². The molecule has 128 valence electrons. The minimum atomic E-state index is -0.379. The fourth-order valence-corrected chi connectivity index (χ4v) is 2.19. The number of rotatable bonds is 6. The number of para-hydroxylation sites is 1. The average Bonchev–Trinajstić information content (AvgIpc) is 2.59. The Balaban J connectivity index is 2.19. The molecule has 0 aromatic heterocycles. The predicted octanol–water partition coefficient (Wildman–Crippen LogP) is 2.81. The summed E-state index contributed by atoms with van der Waals surface area (Å²) in [6, 6.07) is 13.3. The SMILES string of the molecule is C=CCNC(=O)c1ccccc1NC(=O)c1cccc(NC(C)=O)c1. The summed E-state index contributed by atoms with van der Waals surface area (Å²) in [4.78, 5) is 35.8. The second-order valence-corrected chi connectivity index (χ2v) is 5.26. The Morgan fingerprint density at radius 1 is 1.00 bits per heavy atom. The van der Waals surface area contributed by atoms with Gasteiger partial charge in [0.05, 0.1) is 11.3 Å². The Morgan fingerprint density at radius 3 is 2.48 bits per heavy atom. The van der Waals surface area contributed by atoms with Crippen LogP contribution in [0.2, 0.25) is 0 Å². The molecule has 0 fully saturated rings. The van der Waals surface area contributed by atoms with Gasteiger partial charge < -0.3 is 16.0 Å². The van der Waals surface area contributed by atoms with E-state index in [1.54, 1.807) is 54.6 Å². The lowest BCUT2D eigenvalue weighted by Gasteiger charge is -2.11. The van der Waals surface area contributed by atoms with Crippen LogP contribution in [-0.2, 0) is 4.79 Å². The van der Waals surface area contributed by atoms with E-state index in [4.69, 9.17) is 0 Å². The number of benzene rings is 2. The predicted molar refractivity (Wildman–Crippen MR) is 97.7 cm³/mol. The standard InChI is InChI=1S/C19H19N3O3/c1-3-11-20-19(25)16-9-4-5-10-17(16)22-18(24)14-7-6-8-15(12-14)21-13(2)23/h3-10,12H,1,11H2,2H3,(H,20,25)(H,21,23)(H,22,24). The second kappa shape index (κ2) is 8.44. The minimum absolute atomic E-state index is 0.221. The molecule has 3 N–H and O–H groups in total. The first kappa shape index (κ1) is 17.9. The summed E-state index contributed by atoms with van der Waals surface area (Å²) < 4.78 is 0. The molecule has 2 aromatic rings. The average molecular weight is 337 g/mol. The van der Waals surface area contributed by atoms with Crippen LogP contribution in [0.1, 0.15) is 27.6 Å². The summed E-state index contributed by atoms with van der Waals surface area (Å²) in [6.07, 6.45) is 1.58. The number of nitrogens with one attached hydrogen (secondary N) is 3. The summed E-state index contributed by atoms with van der Waals surface area (Å²) in [5.74, 6) is -0.902. The number of hydrogen-bond donors (Lipinski definition) is 3. The zero-order valence-corrected chi connectivity index (χ0v) is 13.8. The molecular formula is C19H19N3O3. The first-order valence-corrected chi connectivity index (χ1v) is 7.68. The second-order valence-electron chi connectivity index (χ2n) is 5.26. The van der Waals surface area contributed by atoms with E-state index < -0.39 is 0 Å². The third-order valence-corrected chi connectivity index (χ3v) is 3.27. The lowest BCUT2D eigenvalue weighted by Crippen LogP contribution is -2.25. The van der Waals surface area contributed by atoms with E-state index in [0.717, 1.165) is 0 Å². The highest BCUT2D eigenvalue weighted by atomic mass is 16.2. The Morgan fingerprint density at radius 2 is 1.76 bits per heavy atom. The summed E-state index contributed by atoms with van der Waals surface area (Å²) in [5, 5.41) is 8.03. The molecule has 0 saturated carbocycles. The molecule has 0 atom stereocenters. The third kappa shape index (κ3) is 5.04. The van der Waals surface area contributed by atoms with E-state index >= 15 is 0 Å². The smallest absolute Gasteiger partial charge is 0.255 e. The zero-order chi connectivity index (χ0) is 18.2. The van der Waals surface area contributed by atoms with Gasteiger partial charge >= 0.3 is 0 Å². The summed E-state index contributed by atoms with van der Waals surface area (Å²) in [5.41, 5.74) is 1.65. The van der Waals surface area contributed by atoms with Gasteiger partial charge in [-0.1, -0.05) is 24.3 Å². The van der Waals surface area contributed by atoms with Crippen LogP contribution < -0.4 is 16.0 Å². The van der Waals surface area contributed by atoms with Gasteiger partial charge in [0.25, 0.3) is 11.8 Å². The Bertz CT molecular complexity index is 815. The van der Waals surface area contributed by atoms with Crippen LogP contribution in [0.15, 0.2) is 61.2 Å². The Labute approximate surface area is 145 Å². The summed E-state index contributed by atoms with van der Waals surface area (Å²) in [7, 11) is 0. The van der Waals surface area contributed by atoms with Crippen LogP contribution in [0.5, 0.6) is 0 Å². The lowest BCUT2D eigenvalue weighted by atomic mass is 10.1. The van der Waals surface area contributed by atoms with Gasteiger partial charge in [0.2, 0.25) is 5.91 Å². The highest BCUT2D eigenvalue weighted by molar-refractivity contribution is 6.09. The molecule has 0 spiro atoms. The summed E-state index contributed by atoms with van der Waals surface area (Å²) in [6.45, 7) is 5.28. The van der Waals surface area contributed by atoms with Crippen LogP contribution in [0.25, 0.3) is 0 Å². The fraction of sp³-hybridized carbons (Fsp3) is 0.105. The van der Waals surface area contributed by atoms with Crippen LogP contribution >= 0.6 is 0 Å². The van der Waals surface area contributed by atoms with Crippen molar-refractivity contribution in [3.05, 3.63) is 72.3 Å². The Kier molecular flexibility index (Phi) is 6.06. The van der Waals surface area contributed by atoms with Crippen LogP contribution in [0.4, 0.5) is 11.4 Å². The maximum atomic E-state index is 12.5. The van der Waals surface area contributed by atoms with Crippen molar-refractivity contribution < 1.29 is 14.4 Å². The zero-order valence-electron chi connectivity index (χ0n) is 13.8. The lowest BCUT2D eigenvalue weighted by molar-refractivity contribution is -0.114. The van der Waals surface area contributed by atoms with Crippen LogP contribution in [-0.4, -0.2) is 24.3 Å². The molecule has 6 heteroatoms. The van der Waals surface area contributed by atoms with Gasteiger partial charge in [-0.2, -0.15) is 0 Å². The van der Waals surface area contributed by atoms with Gasteiger partial charge in [0.1, 0.15) is 0 Å². The first-order chi connectivity index (χ1) is 12.0. The number of anilines is 2. The maximum absolute atomic E-state index is 12.5. The monoisotopic (exact) mass is 337 g/mol. The van der Waals surface area contributed by atoms with Crippen LogP contribution in [0, 0.1) is 0 Å². The van der Waals surface area contributed by atoms with E-state index in [2.05, 4.69) is 22.5 Å². The molecule has 2 aromatic carbocycles. The van der Waals surface area contributed by atoms with Crippen molar-refractivity contribution in [3.63, 3.8) is 0 Å². The van der Waals surface area contributed by atoms with E-state index in [1.807, 2.05) is 0 Å². The first-order valence-electron chi connectivity index (χ1n) is 7.68. The molecule has 0 bridgehead atoms. The normalized spacial score (nSPS) is 9.80. The number of carbonyl (C=O) groups excluding carboxylic acids is 3. The van der Waals surface area contributed by atoms with E-state index in [0.29, 0.717) is 29.0 Å². The number of carbonyl (C=O) groups is 3. The van der Waals surface area contributed by atoms with Crippen molar-refractivity contribution >= 4 is 29.1 Å². The van der Waals surface area contributed by atoms with Crippen molar-refractivity contribution in [1.29, 1.82) is 0 Å². The van der Waals surface area contributed by atoms with E-state index in [9.17, 15) is 14.4 Å². The molecule has 0 aliphatic carbocycles. The van der Waals surface area contributed by atoms with Gasteiger partial charge in [-0.05, 0) is 30.3 Å². The number of amides is 3. The third-order valence-electron chi connectivity index (χ3n) is 3.27. The van der Waals surface area contributed by atoms with Gasteiger partial charge in [-0.3, -0.25) is 14.4 Å². The minimum Gasteiger partial charge on any atom is -0.349 e. The molecule has 0 unspecified atom stereocenters. The number of hydrogen-bond acceptors (Lipinski definition) is 3. The maximum Gasteiger partial charge on any atom is 0.255 e. The molecule has 0 aliphatic rings. The van der Waals surface area contributed by atoms with E-state index in [-0.39, 0.29) is 17.7 Å². The summed E-state index contributed by atoms with van der Waals surface area (Å²) >= 11 is 0. The van der Waals surface area contributed by atoms with Gasteiger partial charge in [-0.25, -0.2) is 0 Å². The molecule has 0 radical (unpaired) electrons. The Hall–Kier alpha value is -3.41. The molecule has 2 rings (SSSR count). The van der Waals surface area contributed by atoms with Crippen molar-refractivity contribution in [3.8, 4) is 0 Å². The van der Waals surface area contributed by atoms with E-state index in [1.165, 1.54) is 6.92 Å². The molecule has 0 aliphatic heterocycles. The molecule has 6 nitrogen and oxygen atoms in total.